The summed E-state index contributed by atoms with van der Waals surface area (Å²) in [6.45, 7) is 1.93. The van der Waals surface area contributed by atoms with Crippen LogP contribution in [0.1, 0.15) is 36.2 Å². The van der Waals surface area contributed by atoms with Crippen molar-refractivity contribution in [3.63, 3.8) is 0 Å². The van der Waals surface area contributed by atoms with E-state index in [0.29, 0.717) is 11.4 Å². The minimum absolute atomic E-state index is 0.107. The third-order valence-electron chi connectivity index (χ3n) is 4.49. The molecule has 1 atom stereocenters. The van der Waals surface area contributed by atoms with Crippen molar-refractivity contribution in [2.24, 2.45) is 0 Å². The van der Waals surface area contributed by atoms with E-state index in [-0.39, 0.29) is 29.8 Å². The van der Waals surface area contributed by atoms with Crippen molar-refractivity contribution in [3.05, 3.63) is 16.4 Å². The van der Waals surface area contributed by atoms with Crippen molar-refractivity contribution in [1.82, 2.24) is 19.5 Å². The van der Waals surface area contributed by atoms with Crippen LogP contribution in [-0.2, 0) is 27.6 Å². The fraction of sp³-hybridized carbons (Fsp3) is 0.643. The van der Waals surface area contributed by atoms with E-state index in [0.717, 1.165) is 22.3 Å². The minimum Gasteiger partial charge on any atom is -0.444 e. The maximum Gasteiger partial charge on any atom is 0.435 e. The second-order valence-electron chi connectivity index (χ2n) is 6.90. The zero-order valence-corrected chi connectivity index (χ0v) is 16.3. The molecule has 146 valence electrons. The van der Waals surface area contributed by atoms with E-state index >= 15 is 0 Å². The lowest BCUT2D eigenvalue weighted by Crippen LogP contribution is -2.30. The van der Waals surface area contributed by atoms with Gasteiger partial charge in [0.05, 0.1) is 24.2 Å². The maximum absolute atomic E-state index is 13.5. The molecule has 1 fully saturated rings. The highest BCUT2D eigenvalue weighted by Crippen LogP contribution is 2.35. The first-order valence-electron chi connectivity index (χ1n) is 8.53. The van der Waals surface area contributed by atoms with Crippen LogP contribution in [0, 0.1) is 0 Å². The number of hydrogen-bond acceptors (Lipinski definition) is 6. The molecule has 7 nitrogen and oxygen atoms in total. The summed E-state index contributed by atoms with van der Waals surface area (Å²) < 4.78 is 52.1. The molecule has 3 rings (SSSR count). The molecule has 0 radical (unpaired) electrons. The van der Waals surface area contributed by atoms with Crippen molar-refractivity contribution in [2.45, 2.75) is 44.0 Å². The van der Waals surface area contributed by atoms with Crippen LogP contribution >= 0.6 is 11.3 Å². The molecule has 13 heteroatoms. The van der Waals surface area contributed by atoms with Gasteiger partial charge in [-0.3, -0.25) is 4.90 Å². The fourth-order valence-electron chi connectivity index (χ4n) is 2.85. The molecule has 1 amide bonds. The van der Waals surface area contributed by atoms with Crippen molar-refractivity contribution in [3.8, 4) is 0 Å². The molecule has 0 bridgehead atoms. The van der Waals surface area contributed by atoms with Gasteiger partial charge in [-0.25, -0.2) is 14.3 Å². The summed E-state index contributed by atoms with van der Waals surface area (Å²) in [5.74, 6) is 0. The topological polar surface area (TPSA) is 69.0 Å². The first-order chi connectivity index (χ1) is 12.6. The van der Waals surface area contributed by atoms with Crippen molar-refractivity contribution in [1.29, 1.82) is 0 Å². The Bertz CT molecular complexity index is 855. The van der Waals surface area contributed by atoms with Gasteiger partial charge < -0.3 is 9.47 Å². The molecule has 0 saturated carbocycles. The van der Waals surface area contributed by atoms with Crippen LogP contribution < -0.4 is 0 Å². The van der Waals surface area contributed by atoms with Crippen LogP contribution in [0.25, 0.3) is 4.96 Å². The smallest absolute Gasteiger partial charge is 0.435 e. The maximum atomic E-state index is 13.5. The molecule has 2 aromatic rings. The Morgan fingerprint density at radius 2 is 2.11 bits per heavy atom. The Labute approximate surface area is 159 Å². The number of cyclic esters (lactones) is 1. The van der Waals surface area contributed by atoms with E-state index in [2.05, 4.69) is 10.1 Å². The largest absolute Gasteiger partial charge is 0.444 e. The van der Waals surface area contributed by atoms with Crippen LogP contribution in [0.3, 0.4) is 0 Å². The number of methoxy groups -OCH3 is 1. The van der Waals surface area contributed by atoms with E-state index < -0.39 is 23.4 Å². The van der Waals surface area contributed by atoms with Crippen LogP contribution in [0.15, 0.2) is 0 Å². The number of carbonyl (C=O) groups is 1. The number of carbonyl (C=O) groups excluding carboxylic acids is 1. The molecule has 0 aliphatic carbocycles. The Hall–Kier alpha value is -1.75. The summed E-state index contributed by atoms with van der Waals surface area (Å²) in [6, 6.07) is 0. The molecule has 2 aromatic heterocycles. The minimum atomic E-state index is -4.65. The Morgan fingerprint density at radius 1 is 1.41 bits per heavy atom. The quantitative estimate of drug-likeness (QED) is 0.674. The summed E-state index contributed by atoms with van der Waals surface area (Å²) in [7, 11) is 5.03. The normalized spacial score (nSPS) is 18.5. The number of hydrogen-bond donors (Lipinski definition) is 0. The number of imidazole rings is 1. The lowest BCUT2D eigenvalue weighted by molar-refractivity contribution is -0.141. The third-order valence-corrected chi connectivity index (χ3v) is 5.70. The molecule has 1 unspecified atom stereocenters. The summed E-state index contributed by atoms with van der Waals surface area (Å²) in [5, 5.41) is 4.01. The Kier molecular flexibility index (Phi) is 5.19. The van der Waals surface area contributed by atoms with Crippen LogP contribution in [-0.4, -0.2) is 61.0 Å². The molecule has 0 N–H and O–H groups in total. The van der Waals surface area contributed by atoms with Gasteiger partial charge in [-0.15, -0.1) is 0 Å². The van der Waals surface area contributed by atoms with Gasteiger partial charge in [0.2, 0.25) is 4.96 Å². The predicted octanol–water partition coefficient (Wildman–Crippen LogP) is 0.953. The SMILES string of the molecule is BC(B)(OC)c1nn2c(CN3CC(CCC)OC3=O)c(C(F)(F)F)nc2s1. The molecule has 1 aliphatic heterocycles. The summed E-state index contributed by atoms with van der Waals surface area (Å²) >= 11 is 1.03. The number of nitrogens with zero attached hydrogens (tertiary/aromatic N) is 4. The Morgan fingerprint density at radius 3 is 2.70 bits per heavy atom. The first kappa shape index (κ1) is 20.0. The van der Waals surface area contributed by atoms with Gasteiger partial charge in [0.25, 0.3) is 0 Å². The Balaban J connectivity index is 2.00. The zero-order valence-electron chi connectivity index (χ0n) is 15.5. The average molecular weight is 402 g/mol. The molecular formula is C14H19B2F3N4O3S. The first-order valence-corrected chi connectivity index (χ1v) is 9.35. The van der Waals surface area contributed by atoms with Crippen LogP contribution in [0.5, 0.6) is 0 Å². The highest BCUT2D eigenvalue weighted by Gasteiger charge is 2.41. The van der Waals surface area contributed by atoms with E-state index in [1.807, 2.05) is 6.92 Å². The van der Waals surface area contributed by atoms with E-state index in [1.165, 1.54) is 12.0 Å². The second kappa shape index (κ2) is 7.01. The fourth-order valence-corrected chi connectivity index (χ4v) is 3.85. The van der Waals surface area contributed by atoms with Gasteiger partial charge in [-0.1, -0.05) is 24.7 Å². The summed E-state index contributed by atoms with van der Waals surface area (Å²) in [6.07, 6.45) is -4.09. The summed E-state index contributed by atoms with van der Waals surface area (Å²) in [4.78, 5) is 17.2. The number of rotatable bonds is 6. The number of halogens is 3. The number of fused-ring (bicyclic) bond motifs is 1. The van der Waals surface area contributed by atoms with Gasteiger partial charge in [0.1, 0.15) is 26.8 Å². The molecule has 1 saturated heterocycles. The number of aromatic nitrogens is 3. The highest BCUT2D eigenvalue weighted by molar-refractivity contribution is 7.17. The lowest BCUT2D eigenvalue weighted by Gasteiger charge is -2.19. The van der Waals surface area contributed by atoms with Gasteiger partial charge in [-0.2, -0.15) is 18.3 Å². The van der Waals surface area contributed by atoms with Crippen molar-refractivity contribution < 1.29 is 27.4 Å². The number of amides is 1. The second-order valence-corrected chi connectivity index (χ2v) is 7.85. The predicted molar refractivity (Wildman–Crippen MR) is 97.2 cm³/mol. The van der Waals surface area contributed by atoms with Crippen LogP contribution in [0.4, 0.5) is 18.0 Å². The van der Waals surface area contributed by atoms with Crippen molar-refractivity contribution in [2.75, 3.05) is 13.7 Å². The van der Waals surface area contributed by atoms with Crippen LogP contribution in [0.2, 0.25) is 0 Å². The van der Waals surface area contributed by atoms with E-state index in [4.69, 9.17) is 9.47 Å². The molecule has 0 aromatic carbocycles. The zero-order chi connectivity index (χ0) is 20.0. The van der Waals surface area contributed by atoms with Gasteiger partial charge in [0, 0.05) is 7.11 Å². The number of alkyl halides is 3. The van der Waals surface area contributed by atoms with Gasteiger partial charge in [-0.05, 0) is 6.42 Å². The summed E-state index contributed by atoms with van der Waals surface area (Å²) in [5.41, 5.74) is -1.21. The molecule has 3 heterocycles. The van der Waals surface area contributed by atoms with E-state index in [1.54, 1.807) is 15.7 Å². The molecular weight excluding hydrogens is 383 g/mol. The average Bonchev–Trinajstić information content (AvgIpc) is 3.22. The molecule has 0 spiro atoms. The standard InChI is InChI=1S/C14H19B2F3N4O3S/c1-3-4-7-5-22(12(24)26-7)6-8-9(14(17,18)19)20-11-23(8)21-10(27-11)13(15,16)25-2/h7H,3-6,15-16H2,1-2H3. The third kappa shape index (κ3) is 3.79. The highest BCUT2D eigenvalue weighted by atomic mass is 32.1. The molecule has 1 aliphatic rings. The van der Waals surface area contributed by atoms with Gasteiger partial charge in [0.15, 0.2) is 5.69 Å². The van der Waals surface area contributed by atoms with Crippen molar-refractivity contribution >= 4 is 38.1 Å². The van der Waals surface area contributed by atoms with E-state index in [9.17, 15) is 18.0 Å². The lowest BCUT2D eigenvalue weighted by atomic mass is 9.66. The number of ether oxygens (including phenoxy) is 2. The monoisotopic (exact) mass is 402 g/mol. The van der Waals surface area contributed by atoms with Gasteiger partial charge >= 0.3 is 12.3 Å². The molecule has 27 heavy (non-hydrogen) atoms.